The third kappa shape index (κ3) is 16.7. The molecule has 0 aromatic rings. The van der Waals surface area contributed by atoms with Crippen LogP contribution in [0.1, 0.15) is 138 Å². The minimum Gasteiger partial charge on any atom is -0.461 e. The average molecular weight is 885 g/mol. The number of hydrogen-bond donors (Lipinski definition) is 3. The number of esters is 1. The van der Waals surface area contributed by atoms with Crippen molar-refractivity contribution in [1.29, 1.82) is 0 Å². The van der Waals surface area contributed by atoms with Crippen molar-refractivity contribution in [2.75, 3.05) is 27.8 Å². The zero-order chi connectivity index (χ0) is 46.8. The van der Waals surface area contributed by atoms with Gasteiger partial charge in [0.2, 0.25) is 5.78 Å². The number of rotatable bonds is 24. The van der Waals surface area contributed by atoms with Crippen molar-refractivity contribution in [2.24, 2.45) is 34.6 Å². The normalized spacial score (nSPS) is 27.7. The Morgan fingerprint density at radius 2 is 1.62 bits per heavy atom. The highest BCUT2D eigenvalue weighted by atomic mass is 16.5. The summed E-state index contributed by atoms with van der Waals surface area (Å²) in [5.41, 5.74) is 2.44. The van der Waals surface area contributed by atoms with Gasteiger partial charge in [0, 0.05) is 52.3 Å². The Hall–Kier alpha value is -3.00. The Bertz CT molecular complexity index is 1560. The third-order valence-corrected chi connectivity index (χ3v) is 13.7. The molecular formula is C51H84N2O10. The number of aliphatic hydroxyl groups is 3. The SMILES string of the molecule is C=C/C=C/C=C(\C)[C@H](CC1CC[C@@H](C)C(C(=O)C(=O)N2CCCC[C@H]2C(=O)O[C@H](CC[C@H]2CC[C@H](O)CC2)C[C@@H](O)[C@H](C)/C=C(\C)[C@@H](O)[C@@H](OC)/C(=N/C)[C@H](C)CC(C)C)O1)OC. The van der Waals surface area contributed by atoms with Gasteiger partial charge in [-0.25, -0.2) is 4.79 Å². The molecule has 2 saturated heterocycles. The van der Waals surface area contributed by atoms with Gasteiger partial charge < -0.3 is 39.2 Å². The van der Waals surface area contributed by atoms with E-state index < -0.39 is 60.1 Å². The van der Waals surface area contributed by atoms with Crippen molar-refractivity contribution in [3.8, 4) is 0 Å². The number of piperidine rings is 1. The Morgan fingerprint density at radius 1 is 0.921 bits per heavy atom. The van der Waals surface area contributed by atoms with E-state index in [0.717, 1.165) is 56.2 Å². The van der Waals surface area contributed by atoms with E-state index in [4.69, 9.17) is 18.9 Å². The van der Waals surface area contributed by atoms with E-state index in [2.05, 4.69) is 32.3 Å². The first-order chi connectivity index (χ1) is 29.9. The number of methoxy groups -OCH3 is 2. The number of carbonyl (C=O) groups excluding carboxylic acids is 3. The van der Waals surface area contributed by atoms with Gasteiger partial charge in [0.1, 0.15) is 30.5 Å². The van der Waals surface area contributed by atoms with Crippen LogP contribution in [0.25, 0.3) is 0 Å². The molecule has 358 valence electrons. The van der Waals surface area contributed by atoms with E-state index in [9.17, 15) is 29.7 Å². The third-order valence-electron chi connectivity index (χ3n) is 13.7. The van der Waals surface area contributed by atoms with Crippen molar-refractivity contribution in [3.63, 3.8) is 0 Å². The summed E-state index contributed by atoms with van der Waals surface area (Å²) in [7, 11) is 4.94. The number of Topliss-reactive ketones (excluding diaryl/α,β-unsaturated/α-hetero) is 1. The van der Waals surface area contributed by atoms with Crippen molar-refractivity contribution in [3.05, 3.63) is 48.1 Å². The summed E-state index contributed by atoms with van der Waals surface area (Å²) in [5.74, 6) is -1.60. The van der Waals surface area contributed by atoms with Crippen LogP contribution >= 0.6 is 0 Å². The van der Waals surface area contributed by atoms with Crippen molar-refractivity contribution in [2.45, 2.75) is 193 Å². The molecule has 1 aliphatic carbocycles. The van der Waals surface area contributed by atoms with Gasteiger partial charge in [-0.05, 0) is 126 Å². The van der Waals surface area contributed by atoms with E-state index in [1.165, 1.54) is 4.90 Å². The summed E-state index contributed by atoms with van der Waals surface area (Å²) in [6.07, 6.45) is 13.6. The molecule has 2 heterocycles. The van der Waals surface area contributed by atoms with Gasteiger partial charge in [0.25, 0.3) is 5.91 Å². The largest absolute Gasteiger partial charge is 0.461 e. The fourth-order valence-corrected chi connectivity index (χ4v) is 9.82. The second-order valence-electron chi connectivity index (χ2n) is 19.3. The van der Waals surface area contributed by atoms with E-state index in [1.807, 2.05) is 52.0 Å². The maximum atomic E-state index is 14.2. The van der Waals surface area contributed by atoms with E-state index >= 15 is 0 Å². The molecule has 1 amide bonds. The summed E-state index contributed by atoms with van der Waals surface area (Å²) in [4.78, 5) is 48.3. The van der Waals surface area contributed by atoms with Gasteiger partial charge in [-0.1, -0.05) is 71.6 Å². The predicted octanol–water partition coefficient (Wildman–Crippen LogP) is 7.92. The van der Waals surface area contributed by atoms with Crippen LogP contribution in [0.4, 0.5) is 0 Å². The number of nitrogens with zero attached hydrogens (tertiary/aromatic N) is 2. The number of allylic oxidation sites excluding steroid dienone is 4. The predicted molar refractivity (Wildman–Crippen MR) is 249 cm³/mol. The van der Waals surface area contributed by atoms with Crippen LogP contribution in [0.5, 0.6) is 0 Å². The van der Waals surface area contributed by atoms with Gasteiger partial charge >= 0.3 is 5.97 Å². The Balaban J connectivity index is 1.77. The molecule has 3 rings (SSSR count). The fourth-order valence-electron chi connectivity index (χ4n) is 9.82. The lowest BCUT2D eigenvalue weighted by molar-refractivity contribution is -0.169. The maximum Gasteiger partial charge on any atom is 0.329 e. The zero-order valence-corrected chi connectivity index (χ0v) is 40.4. The average Bonchev–Trinajstić information content (AvgIpc) is 3.26. The number of aliphatic imine (C=N–C) groups is 1. The number of amides is 1. The van der Waals surface area contributed by atoms with E-state index in [0.29, 0.717) is 55.9 Å². The molecule has 0 radical (unpaired) electrons. The summed E-state index contributed by atoms with van der Waals surface area (Å²) >= 11 is 0. The number of aliphatic hydroxyl groups excluding tert-OH is 3. The molecule has 12 heteroatoms. The van der Waals surface area contributed by atoms with Crippen LogP contribution in [0.3, 0.4) is 0 Å². The number of hydrogen-bond acceptors (Lipinski definition) is 11. The monoisotopic (exact) mass is 885 g/mol. The quantitative estimate of drug-likeness (QED) is 0.0285. The van der Waals surface area contributed by atoms with Crippen LogP contribution in [-0.4, -0.2) is 126 Å². The topological polar surface area (TPSA) is 164 Å². The summed E-state index contributed by atoms with van der Waals surface area (Å²) in [6, 6.07) is -0.933. The summed E-state index contributed by atoms with van der Waals surface area (Å²) in [5, 5.41) is 33.3. The number of likely N-dealkylation sites (tertiary alicyclic amines) is 1. The van der Waals surface area contributed by atoms with Gasteiger partial charge in [-0.2, -0.15) is 0 Å². The summed E-state index contributed by atoms with van der Waals surface area (Å²) in [6.45, 7) is 18.0. The minimum atomic E-state index is -0.975. The van der Waals surface area contributed by atoms with Gasteiger partial charge in [-0.15, -0.1) is 0 Å². The lowest BCUT2D eigenvalue weighted by Gasteiger charge is -2.38. The van der Waals surface area contributed by atoms with Crippen LogP contribution in [0.15, 0.2) is 53.1 Å². The van der Waals surface area contributed by atoms with Crippen molar-refractivity contribution in [1.82, 2.24) is 4.90 Å². The van der Waals surface area contributed by atoms with Crippen LogP contribution in [0.2, 0.25) is 0 Å². The lowest BCUT2D eigenvalue weighted by Crippen LogP contribution is -2.55. The van der Waals surface area contributed by atoms with Crippen LogP contribution < -0.4 is 0 Å². The van der Waals surface area contributed by atoms with Gasteiger partial charge in [-0.3, -0.25) is 14.6 Å². The number of ketones is 1. The van der Waals surface area contributed by atoms with E-state index in [1.54, 1.807) is 27.3 Å². The highest BCUT2D eigenvalue weighted by molar-refractivity contribution is 6.38. The standard InChI is InChI=1S/C51H84N2O10/c1-12-13-14-17-33(4)44(60-10)31-41-25-19-34(5)48(62-41)47(57)50(58)53-27-16-15-18-42(53)51(59)63-40(26-22-38-20-23-39(54)24-21-38)30-43(55)35(6)29-37(8)46(56)49(61-11)45(52-9)36(7)28-32(2)3/h12-14,17,29,32,34-36,38-44,46,48-49,54-56H,1,15-16,18-28,30-31H2,2-11H3/b14-13+,33-17+,37-29+,52-45+/t34-,35-,36-,38-,39-,40-,41?,42+,43-,44+,46-,48?,49+/m1/s1. The fraction of sp³-hybridized carbons (Fsp3) is 0.765. The molecule has 0 spiro atoms. The van der Waals surface area contributed by atoms with Gasteiger partial charge in [0.15, 0.2) is 0 Å². The first-order valence-corrected chi connectivity index (χ1v) is 23.9. The molecule has 12 nitrogen and oxygen atoms in total. The molecule has 1 saturated carbocycles. The second-order valence-corrected chi connectivity index (χ2v) is 19.3. The molecule has 0 aromatic carbocycles. The molecule has 63 heavy (non-hydrogen) atoms. The molecule has 2 unspecified atom stereocenters. The molecule has 0 bridgehead atoms. The van der Waals surface area contributed by atoms with Crippen molar-refractivity contribution >= 4 is 23.4 Å². The maximum absolute atomic E-state index is 14.2. The molecule has 2 aliphatic heterocycles. The number of ether oxygens (including phenoxy) is 4. The van der Waals surface area contributed by atoms with Crippen molar-refractivity contribution < 1.29 is 48.7 Å². The second kappa shape index (κ2) is 27.5. The zero-order valence-electron chi connectivity index (χ0n) is 40.4. The molecule has 11 atom stereocenters. The van der Waals surface area contributed by atoms with Gasteiger partial charge in [0.05, 0.1) is 24.4 Å². The molecular weight excluding hydrogens is 801 g/mol. The highest BCUT2D eigenvalue weighted by Crippen LogP contribution is 2.33. The Labute approximate surface area is 379 Å². The molecule has 3 N–H and O–H groups in total. The lowest BCUT2D eigenvalue weighted by atomic mass is 9.83. The molecule has 0 aromatic heterocycles. The highest BCUT2D eigenvalue weighted by Gasteiger charge is 2.43. The van der Waals surface area contributed by atoms with Crippen LogP contribution in [-0.2, 0) is 33.3 Å². The minimum absolute atomic E-state index is 0.111. The first-order valence-electron chi connectivity index (χ1n) is 23.9. The molecule has 3 aliphatic rings. The van der Waals surface area contributed by atoms with Crippen LogP contribution in [0, 0.1) is 29.6 Å². The smallest absolute Gasteiger partial charge is 0.329 e. The summed E-state index contributed by atoms with van der Waals surface area (Å²) < 4.78 is 24.2. The van der Waals surface area contributed by atoms with E-state index in [-0.39, 0.29) is 43.1 Å². The Morgan fingerprint density at radius 3 is 2.24 bits per heavy atom. The number of carbonyl (C=O) groups is 3. The Kier molecular flexibility index (Phi) is 23.7. The molecule has 3 fully saturated rings. The first kappa shape index (κ1) is 54.3.